The Morgan fingerprint density at radius 1 is 1.44 bits per heavy atom. The van der Waals surface area contributed by atoms with Crippen molar-refractivity contribution in [2.75, 3.05) is 7.11 Å². The van der Waals surface area contributed by atoms with Crippen LogP contribution < -0.4 is 0 Å². The van der Waals surface area contributed by atoms with Crippen LogP contribution in [0.4, 0.5) is 0 Å². The third kappa shape index (κ3) is 1.78. The number of hydrogen-bond donors (Lipinski definition) is 0. The average molecular weight is 237 g/mol. The standard InChI is InChI=1S/C12H13ClN2O/c1-8-6-11-10(12(13)14-8)7-9(15(11)2)4-5-16-3/h4-7H,1-3H3/b5-4+. The molecule has 0 saturated carbocycles. The second-order valence-corrected chi connectivity index (χ2v) is 4.01. The summed E-state index contributed by atoms with van der Waals surface area (Å²) in [4.78, 5) is 4.23. The van der Waals surface area contributed by atoms with Crippen LogP contribution in [0.3, 0.4) is 0 Å². The summed E-state index contributed by atoms with van der Waals surface area (Å²) in [5.41, 5.74) is 3.03. The van der Waals surface area contributed by atoms with E-state index in [0.717, 1.165) is 22.3 Å². The van der Waals surface area contributed by atoms with Crippen LogP contribution in [-0.4, -0.2) is 16.7 Å². The fourth-order valence-electron chi connectivity index (χ4n) is 1.72. The number of ether oxygens (including phenoxy) is 1. The molecule has 2 rings (SSSR count). The van der Waals surface area contributed by atoms with Gasteiger partial charge < -0.3 is 9.30 Å². The van der Waals surface area contributed by atoms with Gasteiger partial charge in [-0.05, 0) is 25.1 Å². The molecule has 0 aliphatic carbocycles. The minimum Gasteiger partial charge on any atom is -0.504 e. The average Bonchev–Trinajstić information content (AvgIpc) is 2.54. The van der Waals surface area contributed by atoms with Crippen LogP contribution in [0.2, 0.25) is 5.15 Å². The van der Waals surface area contributed by atoms with Crippen molar-refractivity contribution in [1.29, 1.82) is 0 Å². The molecular formula is C12H13ClN2O. The maximum absolute atomic E-state index is 6.10. The molecule has 0 radical (unpaired) electrons. The fourth-order valence-corrected chi connectivity index (χ4v) is 2.01. The normalized spacial score (nSPS) is 11.5. The van der Waals surface area contributed by atoms with E-state index in [9.17, 15) is 0 Å². The predicted octanol–water partition coefficient (Wildman–Crippen LogP) is 3.15. The van der Waals surface area contributed by atoms with E-state index in [-0.39, 0.29) is 0 Å². The maximum atomic E-state index is 6.10. The molecule has 3 nitrogen and oxygen atoms in total. The van der Waals surface area contributed by atoms with E-state index in [4.69, 9.17) is 16.3 Å². The Kier molecular flexibility index (Phi) is 2.88. The summed E-state index contributed by atoms with van der Waals surface area (Å²) in [7, 11) is 3.62. The zero-order valence-corrected chi connectivity index (χ0v) is 10.2. The van der Waals surface area contributed by atoms with E-state index in [1.165, 1.54) is 0 Å². The highest BCUT2D eigenvalue weighted by atomic mass is 35.5. The minimum absolute atomic E-state index is 0.544. The van der Waals surface area contributed by atoms with E-state index in [1.54, 1.807) is 13.4 Å². The van der Waals surface area contributed by atoms with Crippen molar-refractivity contribution >= 4 is 28.6 Å². The van der Waals surface area contributed by atoms with E-state index in [0.29, 0.717) is 5.15 Å². The summed E-state index contributed by atoms with van der Waals surface area (Å²) in [6, 6.07) is 4.02. The Balaban J connectivity index is 2.68. The van der Waals surface area contributed by atoms with E-state index >= 15 is 0 Å². The molecule has 2 aromatic heterocycles. The quantitative estimate of drug-likeness (QED) is 0.592. The van der Waals surface area contributed by atoms with Crippen LogP contribution >= 0.6 is 11.6 Å². The number of aryl methyl sites for hydroxylation is 2. The Morgan fingerprint density at radius 2 is 2.19 bits per heavy atom. The van der Waals surface area contributed by atoms with Crippen LogP contribution in [-0.2, 0) is 11.8 Å². The molecule has 2 aromatic rings. The first-order chi connectivity index (χ1) is 7.63. The topological polar surface area (TPSA) is 27.1 Å². The number of hydrogen-bond acceptors (Lipinski definition) is 2. The monoisotopic (exact) mass is 236 g/mol. The number of aromatic nitrogens is 2. The zero-order valence-electron chi connectivity index (χ0n) is 9.49. The van der Waals surface area contributed by atoms with Gasteiger partial charge in [0.25, 0.3) is 0 Å². The van der Waals surface area contributed by atoms with Gasteiger partial charge in [0.15, 0.2) is 0 Å². The molecule has 0 fully saturated rings. The van der Waals surface area contributed by atoms with Crippen molar-refractivity contribution in [1.82, 2.24) is 9.55 Å². The second kappa shape index (κ2) is 4.18. The molecule has 0 atom stereocenters. The van der Waals surface area contributed by atoms with Gasteiger partial charge in [-0.3, -0.25) is 0 Å². The smallest absolute Gasteiger partial charge is 0.138 e. The molecule has 0 spiro atoms. The lowest BCUT2D eigenvalue weighted by Gasteiger charge is -2.01. The number of nitrogens with zero attached hydrogens (tertiary/aromatic N) is 2. The van der Waals surface area contributed by atoms with Gasteiger partial charge >= 0.3 is 0 Å². The Labute approximate surface area is 99.3 Å². The first kappa shape index (κ1) is 11.0. The van der Waals surface area contributed by atoms with E-state index in [2.05, 4.69) is 9.55 Å². The van der Waals surface area contributed by atoms with E-state index in [1.807, 2.05) is 32.2 Å². The first-order valence-electron chi connectivity index (χ1n) is 4.95. The van der Waals surface area contributed by atoms with Crippen molar-refractivity contribution in [3.8, 4) is 0 Å². The SMILES string of the molecule is CO/C=C/c1cc2c(Cl)nc(C)cc2n1C. The molecule has 16 heavy (non-hydrogen) atoms. The number of methoxy groups -OCH3 is 1. The first-order valence-corrected chi connectivity index (χ1v) is 5.33. The Morgan fingerprint density at radius 3 is 2.88 bits per heavy atom. The second-order valence-electron chi connectivity index (χ2n) is 3.65. The van der Waals surface area contributed by atoms with Crippen molar-refractivity contribution < 1.29 is 4.74 Å². The van der Waals surface area contributed by atoms with Gasteiger partial charge in [-0.15, -0.1) is 0 Å². The van der Waals surface area contributed by atoms with Crippen molar-refractivity contribution in [3.05, 3.63) is 34.9 Å². The highest BCUT2D eigenvalue weighted by molar-refractivity contribution is 6.34. The van der Waals surface area contributed by atoms with Gasteiger partial charge in [0, 0.05) is 23.8 Å². The Bertz CT molecular complexity index is 558. The number of fused-ring (bicyclic) bond motifs is 1. The highest BCUT2D eigenvalue weighted by Gasteiger charge is 2.08. The molecule has 0 aliphatic rings. The summed E-state index contributed by atoms with van der Waals surface area (Å²) < 4.78 is 6.97. The van der Waals surface area contributed by atoms with Gasteiger partial charge in [-0.2, -0.15) is 0 Å². The molecular weight excluding hydrogens is 224 g/mol. The number of halogens is 1. The summed E-state index contributed by atoms with van der Waals surface area (Å²) in [5, 5.41) is 1.51. The maximum Gasteiger partial charge on any atom is 0.138 e. The summed E-state index contributed by atoms with van der Waals surface area (Å²) in [6.45, 7) is 1.93. The molecule has 0 unspecified atom stereocenters. The van der Waals surface area contributed by atoms with Crippen LogP contribution in [0.5, 0.6) is 0 Å². The lowest BCUT2D eigenvalue weighted by molar-refractivity contribution is 0.341. The molecule has 0 aromatic carbocycles. The largest absolute Gasteiger partial charge is 0.504 e. The van der Waals surface area contributed by atoms with Gasteiger partial charge in [-0.1, -0.05) is 11.6 Å². The predicted molar refractivity (Wildman–Crippen MR) is 66.5 cm³/mol. The van der Waals surface area contributed by atoms with Crippen LogP contribution in [0, 0.1) is 6.92 Å². The lowest BCUT2D eigenvalue weighted by atomic mass is 10.3. The van der Waals surface area contributed by atoms with Gasteiger partial charge in [-0.25, -0.2) is 4.98 Å². The Hall–Kier alpha value is -1.48. The third-order valence-corrected chi connectivity index (χ3v) is 2.82. The fraction of sp³-hybridized carbons (Fsp3) is 0.250. The third-order valence-electron chi connectivity index (χ3n) is 2.53. The van der Waals surface area contributed by atoms with Crippen LogP contribution in [0.15, 0.2) is 18.4 Å². The lowest BCUT2D eigenvalue weighted by Crippen LogP contribution is -1.91. The van der Waals surface area contributed by atoms with Crippen LogP contribution in [0.1, 0.15) is 11.4 Å². The number of rotatable bonds is 2. The molecule has 4 heteroatoms. The van der Waals surface area contributed by atoms with Gasteiger partial charge in [0.2, 0.25) is 0 Å². The summed E-state index contributed by atoms with van der Waals surface area (Å²) >= 11 is 6.10. The van der Waals surface area contributed by atoms with Gasteiger partial charge in [0.1, 0.15) is 5.15 Å². The molecule has 0 N–H and O–H groups in total. The van der Waals surface area contributed by atoms with Crippen molar-refractivity contribution in [3.63, 3.8) is 0 Å². The van der Waals surface area contributed by atoms with Crippen LogP contribution in [0.25, 0.3) is 17.0 Å². The molecule has 84 valence electrons. The summed E-state index contributed by atoms with van der Waals surface area (Å²) in [6.07, 6.45) is 3.54. The number of pyridine rings is 1. The molecule has 0 amide bonds. The van der Waals surface area contributed by atoms with Gasteiger partial charge in [0.05, 0.1) is 18.9 Å². The minimum atomic E-state index is 0.544. The summed E-state index contributed by atoms with van der Waals surface area (Å²) in [5.74, 6) is 0. The molecule has 0 saturated heterocycles. The van der Waals surface area contributed by atoms with E-state index < -0.39 is 0 Å². The highest BCUT2D eigenvalue weighted by Crippen LogP contribution is 2.26. The zero-order chi connectivity index (χ0) is 11.7. The van der Waals surface area contributed by atoms with Crippen molar-refractivity contribution in [2.45, 2.75) is 6.92 Å². The molecule has 2 heterocycles. The molecule has 0 bridgehead atoms. The molecule has 0 aliphatic heterocycles. The van der Waals surface area contributed by atoms with Crippen molar-refractivity contribution in [2.24, 2.45) is 7.05 Å².